The summed E-state index contributed by atoms with van der Waals surface area (Å²) in [6.45, 7) is 2.59. The van der Waals surface area contributed by atoms with Crippen LogP contribution in [-0.4, -0.2) is 52.8 Å². The molecule has 3 heterocycles. The van der Waals surface area contributed by atoms with Gasteiger partial charge in [-0.2, -0.15) is 0 Å². The van der Waals surface area contributed by atoms with Gasteiger partial charge in [0.2, 0.25) is 5.91 Å². The van der Waals surface area contributed by atoms with Crippen molar-refractivity contribution in [2.45, 2.75) is 19.3 Å². The van der Waals surface area contributed by atoms with E-state index in [0.717, 1.165) is 19.4 Å². The first-order chi connectivity index (χ1) is 11.7. The van der Waals surface area contributed by atoms with Gasteiger partial charge in [0.05, 0.1) is 5.56 Å². The second-order valence-electron chi connectivity index (χ2n) is 5.85. The summed E-state index contributed by atoms with van der Waals surface area (Å²) in [5.41, 5.74) is 0.606. The summed E-state index contributed by atoms with van der Waals surface area (Å²) >= 11 is 1.69. The number of pyridine rings is 1. The van der Waals surface area contributed by atoms with Crippen LogP contribution in [0.3, 0.4) is 0 Å². The van der Waals surface area contributed by atoms with E-state index < -0.39 is 0 Å². The maximum Gasteiger partial charge on any atom is 0.255 e. The van der Waals surface area contributed by atoms with E-state index in [2.05, 4.69) is 11.1 Å². The zero-order valence-corrected chi connectivity index (χ0v) is 14.4. The number of hydrogen-bond donors (Lipinski definition) is 0. The Kier molecular flexibility index (Phi) is 5.59. The van der Waals surface area contributed by atoms with Crippen molar-refractivity contribution in [3.8, 4) is 0 Å². The number of hydrogen-bond acceptors (Lipinski definition) is 4. The number of aryl methyl sites for hydroxylation is 1. The third-order valence-electron chi connectivity index (χ3n) is 4.21. The summed E-state index contributed by atoms with van der Waals surface area (Å²) in [7, 11) is 0. The molecule has 1 fully saturated rings. The van der Waals surface area contributed by atoms with Gasteiger partial charge < -0.3 is 9.80 Å². The first-order valence-electron chi connectivity index (χ1n) is 8.23. The van der Waals surface area contributed by atoms with E-state index in [1.165, 1.54) is 4.88 Å². The van der Waals surface area contributed by atoms with Gasteiger partial charge in [-0.25, -0.2) is 0 Å². The highest BCUT2D eigenvalue weighted by Crippen LogP contribution is 2.13. The maximum absolute atomic E-state index is 12.5. The van der Waals surface area contributed by atoms with Gasteiger partial charge in [0.1, 0.15) is 0 Å². The quantitative estimate of drug-likeness (QED) is 0.857. The summed E-state index contributed by atoms with van der Waals surface area (Å²) in [5.74, 6) is 0.176. The van der Waals surface area contributed by atoms with Gasteiger partial charge in [0.25, 0.3) is 5.91 Å². The fourth-order valence-electron chi connectivity index (χ4n) is 2.88. The molecule has 2 aromatic heterocycles. The minimum atomic E-state index is -0.00372. The minimum Gasteiger partial charge on any atom is -0.341 e. The Balaban J connectivity index is 1.53. The number of aromatic nitrogens is 1. The fraction of sp³-hybridized carbons (Fsp3) is 0.389. The van der Waals surface area contributed by atoms with E-state index in [4.69, 9.17) is 0 Å². The molecule has 2 amide bonds. The van der Waals surface area contributed by atoms with Crippen molar-refractivity contribution in [2.75, 3.05) is 26.2 Å². The molecule has 0 saturated carbocycles. The standard InChI is InChI=1S/C18H21N3O2S/c22-17(7-6-16-5-2-13-24-16)20-9-3-10-21(12-11-20)18(23)15-4-1-8-19-14-15/h1-2,4-5,8,13-14H,3,6-7,9-12H2. The number of nitrogens with zero attached hydrogens (tertiary/aromatic N) is 3. The van der Waals surface area contributed by atoms with E-state index >= 15 is 0 Å². The number of carbonyl (C=O) groups is 2. The molecule has 5 nitrogen and oxygen atoms in total. The molecule has 0 aromatic carbocycles. The predicted molar refractivity (Wildman–Crippen MR) is 94.0 cm³/mol. The largest absolute Gasteiger partial charge is 0.341 e. The van der Waals surface area contributed by atoms with E-state index in [1.54, 1.807) is 35.9 Å². The molecule has 1 aliphatic heterocycles. The molecule has 0 N–H and O–H groups in total. The summed E-state index contributed by atoms with van der Waals surface area (Å²) < 4.78 is 0. The van der Waals surface area contributed by atoms with Crippen molar-refractivity contribution >= 4 is 23.2 Å². The van der Waals surface area contributed by atoms with Crippen LogP contribution < -0.4 is 0 Å². The van der Waals surface area contributed by atoms with Gasteiger partial charge in [0, 0.05) is 49.9 Å². The highest BCUT2D eigenvalue weighted by atomic mass is 32.1. The minimum absolute atomic E-state index is 0.00372. The lowest BCUT2D eigenvalue weighted by Gasteiger charge is -2.22. The Bertz CT molecular complexity index is 673. The van der Waals surface area contributed by atoms with Gasteiger partial charge in [-0.15, -0.1) is 11.3 Å². The topological polar surface area (TPSA) is 53.5 Å². The van der Waals surface area contributed by atoms with Crippen molar-refractivity contribution in [1.29, 1.82) is 0 Å². The number of rotatable bonds is 4. The van der Waals surface area contributed by atoms with Crippen LogP contribution in [0, 0.1) is 0 Å². The molecule has 0 atom stereocenters. The molecule has 0 aliphatic carbocycles. The van der Waals surface area contributed by atoms with Crippen LogP contribution in [0.5, 0.6) is 0 Å². The predicted octanol–water partition coefficient (Wildman–Crippen LogP) is 2.45. The second-order valence-corrected chi connectivity index (χ2v) is 6.88. The Morgan fingerprint density at radius 2 is 1.92 bits per heavy atom. The Morgan fingerprint density at radius 1 is 1.08 bits per heavy atom. The normalized spacial score (nSPS) is 15.2. The molecule has 1 aliphatic rings. The average molecular weight is 343 g/mol. The third-order valence-corrected chi connectivity index (χ3v) is 5.15. The maximum atomic E-state index is 12.5. The van der Waals surface area contributed by atoms with Crippen molar-refractivity contribution < 1.29 is 9.59 Å². The molecule has 0 bridgehead atoms. The zero-order valence-electron chi connectivity index (χ0n) is 13.6. The molecule has 6 heteroatoms. The van der Waals surface area contributed by atoms with Crippen LogP contribution in [0.1, 0.15) is 28.1 Å². The van der Waals surface area contributed by atoms with Crippen LogP contribution >= 0.6 is 11.3 Å². The lowest BCUT2D eigenvalue weighted by atomic mass is 10.2. The lowest BCUT2D eigenvalue weighted by molar-refractivity contribution is -0.131. The molecule has 0 unspecified atom stereocenters. The molecule has 0 spiro atoms. The van der Waals surface area contributed by atoms with Gasteiger partial charge in [-0.05, 0) is 36.4 Å². The first-order valence-corrected chi connectivity index (χ1v) is 9.11. The Labute approximate surface area is 145 Å². The van der Waals surface area contributed by atoms with Gasteiger partial charge in [0.15, 0.2) is 0 Å². The summed E-state index contributed by atoms with van der Waals surface area (Å²) in [6, 6.07) is 7.63. The van der Waals surface area contributed by atoms with Gasteiger partial charge in [-0.3, -0.25) is 14.6 Å². The van der Waals surface area contributed by atoms with Crippen LogP contribution in [-0.2, 0) is 11.2 Å². The summed E-state index contributed by atoms with van der Waals surface area (Å²) in [5, 5.41) is 2.04. The van der Waals surface area contributed by atoms with Gasteiger partial charge in [-0.1, -0.05) is 6.07 Å². The number of amides is 2. The molecule has 2 aromatic rings. The fourth-order valence-corrected chi connectivity index (χ4v) is 3.59. The van der Waals surface area contributed by atoms with E-state index in [9.17, 15) is 9.59 Å². The molecular formula is C18H21N3O2S. The Hall–Kier alpha value is -2.21. The van der Waals surface area contributed by atoms with Gasteiger partial charge >= 0.3 is 0 Å². The van der Waals surface area contributed by atoms with Crippen LogP contribution in [0.2, 0.25) is 0 Å². The molecule has 0 radical (unpaired) electrons. The van der Waals surface area contributed by atoms with Crippen molar-refractivity contribution in [3.63, 3.8) is 0 Å². The SMILES string of the molecule is O=C(CCc1cccs1)N1CCCN(C(=O)c2cccnc2)CC1. The Morgan fingerprint density at radius 3 is 2.67 bits per heavy atom. The van der Waals surface area contributed by atoms with E-state index in [1.807, 2.05) is 21.2 Å². The van der Waals surface area contributed by atoms with E-state index in [0.29, 0.717) is 31.6 Å². The molecule has 126 valence electrons. The third kappa shape index (κ3) is 4.20. The van der Waals surface area contributed by atoms with Crippen molar-refractivity contribution in [1.82, 2.24) is 14.8 Å². The van der Waals surface area contributed by atoms with E-state index in [-0.39, 0.29) is 11.8 Å². The lowest BCUT2D eigenvalue weighted by Crippen LogP contribution is -2.37. The molecule has 1 saturated heterocycles. The highest BCUT2D eigenvalue weighted by molar-refractivity contribution is 7.09. The van der Waals surface area contributed by atoms with Crippen molar-refractivity contribution in [2.24, 2.45) is 0 Å². The van der Waals surface area contributed by atoms with Crippen LogP contribution in [0.4, 0.5) is 0 Å². The summed E-state index contributed by atoms with van der Waals surface area (Å²) in [6.07, 6.45) is 5.41. The van der Waals surface area contributed by atoms with Crippen molar-refractivity contribution in [3.05, 3.63) is 52.5 Å². The smallest absolute Gasteiger partial charge is 0.255 e. The van der Waals surface area contributed by atoms with Crippen LogP contribution in [0.15, 0.2) is 42.0 Å². The molecule has 3 rings (SSSR count). The monoisotopic (exact) mass is 343 g/mol. The molecular weight excluding hydrogens is 322 g/mol. The highest BCUT2D eigenvalue weighted by Gasteiger charge is 2.22. The number of thiophene rings is 1. The summed E-state index contributed by atoms with van der Waals surface area (Å²) in [4.78, 5) is 33.9. The number of carbonyl (C=O) groups excluding carboxylic acids is 2. The first kappa shape index (κ1) is 16.6. The average Bonchev–Trinajstić information content (AvgIpc) is 3.02. The zero-order chi connectivity index (χ0) is 16.8. The molecule has 24 heavy (non-hydrogen) atoms. The van der Waals surface area contributed by atoms with Crippen LogP contribution in [0.25, 0.3) is 0 Å². The second kappa shape index (κ2) is 8.06.